The van der Waals surface area contributed by atoms with Crippen molar-refractivity contribution in [3.8, 4) is 0 Å². The molecule has 1 atom stereocenters. The third-order valence-corrected chi connectivity index (χ3v) is 41.8. The van der Waals surface area contributed by atoms with E-state index >= 15 is 0 Å². The predicted molar refractivity (Wildman–Crippen MR) is 217 cm³/mol. The van der Waals surface area contributed by atoms with E-state index in [1.807, 2.05) is 0 Å². The maximum absolute atomic E-state index is 7.11. The fourth-order valence-corrected chi connectivity index (χ4v) is 47.0. The standard InChI is InChI=1S/C18H65O11PSi13/c1-30-19-11-12-20-40(13-16-41(21-31-2,22-32-3)23-33-4,14-17-42(24-34-5,25-35-6)26-36-7)15-18-43(27-37-8,28-38-9)29-39-10/h30H,11-18,31-39H2,1-10H3. The van der Waals surface area contributed by atoms with Gasteiger partial charge in [-0.15, -0.1) is 0 Å². The first-order valence-corrected chi connectivity index (χ1v) is 44.1. The molecule has 0 aliphatic heterocycles. The van der Waals surface area contributed by atoms with Crippen molar-refractivity contribution in [1.29, 1.82) is 0 Å². The van der Waals surface area contributed by atoms with Crippen LogP contribution in [-0.2, 0) is 46.0 Å². The minimum Gasteiger partial charge on any atom is -0.423 e. The average molecular weight is 854 g/mol. The van der Waals surface area contributed by atoms with E-state index in [0.717, 1.165) is 36.3 Å². The Kier molecular flexibility index (Phi) is 29.4. The molecule has 0 radical (unpaired) electrons. The molecule has 0 heterocycles. The Morgan fingerprint density at radius 1 is 0.395 bits per heavy atom. The summed E-state index contributed by atoms with van der Waals surface area (Å²) in [6.07, 6.45) is 0. The van der Waals surface area contributed by atoms with Gasteiger partial charge in [0.25, 0.3) is 0 Å². The van der Waals surface area contributed by atoms with E-state index in [2.05, 4.69) is 65.6 Å². The van der Waals surface area contributed by atoms with E-state index in [-0.39, 0.29) is 0 Å². The number of hydrogen-bond donors (Lipinski definition) is 0. The Morgan fingerprint density at radius 2 is 0.651 bits per heavy atom. The van der Waals surface area contributed by atoms with Gasteiger partial charge in [0.2, 0.25) is 0 Å². The molecule has 0 amide bonds. The van der Waals surface area contributed by atoms with E-state index in [1.165, 1.54) is 0 Å². The van der Waals surface area contributed by atoms with E-state index in [0.29, 0.717) is 22.0 Å². The predicted octanol–water partition coefficient (Wildman–Crippen LogP) is -1.66. The van der Waals surface area contributed by atoms with Crippen LogP contribution in [0.1, 0.15) is 0 Å². The van der Waals surface area contributed by atoms with Crippen LogP contribution in [0.5, 0.6) is 0 Å². The molecular weight excluding hydrogens is 788 g/mol. The van der Waals surface area contributed by atoms with Crippen LogP contribution in [0.25, 0.3) is 0 Å². The molecule has 0 aromatic carbocycles. The summed E-state index contributed by atoms with van der Waals surface area (Å²) in [5, 5.41) is 0. The summed E-state index contributed by atoms with van der Waals surface area (Å²) in [6, 6.07) is 5.17. The molecule has 0 aromatic heterocycles. The Labute approximate surface area is 290 Å². The summed E-state index contributed by atoms with van der Waals surface area (Å²) in [4.78, 5) is 0. The van der Waals surface area contributed by atoms with Crippen LogP contribution in [0.4, 0.5) is 0 Å². The number of rotatable bonds is 32. The van der Waals surface area contributed by atoms with Gasteiger partial charge in [-0.25, -0.2) is 0 Å². The van der Waals surface area contributed by atoms with Gasteiger partial charge in [0.05, 0.1) is 13.2 Å². The summed E-state index contributed by atoms with van der Waals surface area (Å²) in [5.41, 5.74) is 0. The van der Waals surface area contributed by atoms with Crippen LogP contribution in [-0.4, -0.2) is 142 Å². The van der Waals surface area contributed by atoms with Crippen molar-refractivity contribution in [2.45, 2.75) is 95.2 Å². The van der Waals surface area contributed by atoms with Gasteiger partial charge in [0.15, 0.2) is 8.32 Å². The van der Waals surface area contributed by atoms with Gasteiger partial charge in [-0.1, -0.05) is 58.9 Å². The van der Waals surface area contributed by atoms with E-state index < -0.39 is 123 Å². The molecule has 0 rings (SSSR count). The molecule has 0 bridgehead atoms. The largest absolute Gasteiger partial charge is 0.468 e. The van der Waals surface area contributed by atoms with Crippen LogP contribution >= 0.6 is 8.81 Å². The van der Waals surface area contributed by atoms with Gasteiger partial charge < -0.3 is 46.0 Å². The molecule has 0 fully saturated rings. The van der Waals surface area contributed by atoms with Gasteiger partial charge in [0, 0.05) is 26.9 Å². The van der Waals surface area contributed by atoms with Crippen LogP contribution in [0.15, 0.2) is 0 Å². The highest BCUT2D eigenvalue weighted by Gasteiger charge is 2.50. The number of hydrogen-bond acceptors (Lipinski definition) is 11. The highest BCUT2D eigenvalue weighted by molar-refractivity contribution is 7.31. The molecule has 25 heteroatoms. The molecule has 0 saturated heterocycles. The van der Waals surface area contributed by atoms with Gasteiger partial charge in [0.1, 0.15) is 87.9 Å². The minimum absolute atomic E-state index is 0.442. The first-order valence-electron chi connectivity index (χ1n) is 16.4. The lowest BCUT2D eigenvalue weighted by Gasteiger charge is -2.40. The maximum Gasteiger partial charge on any atom is 0.468 e. The average Bonchev–Trinajstić information content (AvgIpc) is 2.97. The lowest BCUT2D eigenvalue weighted by molar-refractivity contribution is 0.220. The smallest absolute Gasteiger partial charge is 0.423 e. The van der Waals surface area contributed by atoms with Crippen LogP contribution in [0, 0.1) is 0 Å². The molecule has 0 N–H and O–H groups in total. The molecule has 11 nitrogen and oxygen atoms in total. The zero-order valence-electron chi connectivity index (χ0n) is 29.0. The van der Waals surface area contributed by atoms with Crippen molar-refractivity contribution in [3.63, 3.8) is 0 Å². The topological polar surface area (TPSA) is 102 Å². The summed E-state index contributed by atoms with van der Waals surface area (Å²) < 4.78 is 71.6. The highest BCUT2D eigenvalue weighted by Crippen LogP contribution is 2.37. The summed E-state index contributed by atoms with van der Waals surface area (Å²) >= 11 is 0. The van der Waals surface area contributed by atoms with Crippen molar-refractivity contribution in [2.24, 2.45) is 0 Å². The fourth-order valence-electron chi connectivity index (χ4n) is 5.14. The first-order chi connectivity index (χ1) is 20.7. The van der Waals surface area contributed by atoms with Gasteiger partial charge in [-0.2, -0.15) is 0 Å². The molecular formula is C18H65O11PSi13. The molecule has 0 saturated carbocycles. The third-order valence-electron chi connectivity index (χ3n) is 6.68. The van der Waals surface area contributed by atoms with Crippen LogP contribution < -0.4 is 0 Å². The Morgan fingerprint density at radius 3 is 0.860 bits per heavy atom. The van der Waals surface area contributed by atoms with Crippen molar-refractivity contribution < 1.29 is 46.0 Å². The van der Waals surface area contributed by atoms with Crippen LogP contribution in [0.3, 0.4) is 0 Å². The van der Waals surface area contributed by atoms with Crippen molar-refractivity contribution >= 4 is 131 Å². The highest BCUT2D eigenvalue weighted by atomic mass is 31.1. The molecule has 0 aliphatic rings. The van der Waals surface area contributed by atoms with E-state index in [4.69, 9.17) is 46.0 Å². The second-order valence-corrected chi connectivity index (χ2v) is 35.6. The normalized spacial score (nSPS) is 20.5. The first kappa shape index (κ1) is 45.8. The van der Waals surface area contributed by atoms with Crippen LogP contribution in [0.2, 0.25) is 95.2 Å². The SMILES string of the molecule is C[SiH2]O[Si](CC[Si](CC[Si](O[SiH2]C)(O[SiH2]C)O[SiH2]C)(CC[Si](O[SiH2]C)(O[SiH2]C)O[SiH2]C)OCCOPC)(O[SiH2]C)O[SiH2]C. The quantitative estimate of drug-likeness (QED) is 0.0443. The third kappa shape index (κ3) is 18.4. The van der Waals surface area contributed by atoms with Crippen molar-refractivity contribution in [1.82, 2.24) is 0 Å². The summed E-state index contributed by atoms with van der Waals surface area (Å²) in [6.45, 7) is 22.9. The van der Waals surface area contributed by atoms with Crippen molar-refractivity contribution in [3.05, 3.63) is 0 Å². The monoisotopic (exact) mass is 852 g/mol. The van der Waals surface area contributed by atoms with Crippen molar-refractivity contribution in [2.75, 3.05) is 19.9 Å². The molecule has 1 unspecified atom stereocenters. The Bertz CT molecular complexity index is 546. The zero-order valence-corrected chi connectivity index (χ0v) is 46.7. The maximum atomic E-state index is 7.11. The fraction of sp³-hybridized carbons (Fsp3) is 1.00. The second kappa shape index (κ2) is 27.6. The molecule has 0 spiro atoms. The van der Waals surface area contributed by atoms with E-state index in [1.54, 1.807) is 0 Å². The molecule has 260 valence electrons. The molecule has 43 heavy (non-hydrogen) atoms. The zero-order chi connectivity index (χ0) is 32.5. The minimum atomic E-state index is -2.71. The lowest BCUT2D eigenvalue weighted by atomic mass is 10.8. The summed E-state index contributed by atoms with van der Waals surface area (Å²) in [7, 11) is -16.4. The lowest BCUT2D eigenvalue weighted by Crippen LogP contribution is -2.54. The van der Waals surface area contributed by atoms with Gasteiger partial charge in [-0.05, 0) is 24.8 Å². The summed E-state index contributed by atoms with van der Waals surface area (Å²) in [5.74, 6) is 0. The molecule has 0 aromatic rings. The molecule has 0 aliphatic carbocycles. The second-order valence-electron chi connectivity index (χ2n) is 9.53. The Hall–Kier alpha value is 2.81. The Balaban J connectivity index is 6.74. The van der Waals surface area contributed by atoms with Gasteiger partial charge >= 0.3 is 26.4 Å². The van der Waals surface area contributed by atoms with Gasteiger partial charge in [-0.3, -0.25) is 0 Å². The van der Waals surface area contributed by atoms with E-state index in [9.17, 15) is 0 Å².